The molecule has 150 valence electrons. The highest BCUT2D eigenvalue weighted by Crippen LogP contribution is 2.24. The number of carbonyl (C=O) groups is 2. The van der Waals surface area contributed by atoms with E-state index in [1.54, 1.807) is 0 Å². The number of benzene rings is 2. The average molecular weight is 429 g/mol. The molecule has 0 aliphatic rings. The molecule has 0 spiro atoms. The molecule has 0 fully saturated rings. The first-order valence-corrected chi connectivity index (χ1v) is 10.2. The van der Waals surface area contributed by atoms with Crippen molar-refractivity contribution in [3.63, 3.8) is 0 Å². The van der Waals surface area contributed by atoms with E-state index >= 15 is 0 Å². The van der Waals surface area contributed by atoms with Crippen molar-refractivity contribution < 1.29 is 27.1 Å². The third kappa shape index (κ3) is 4.99. The number of anilines is 2. The number of methoxy groups -OCH3 is 1. The molecule has 2 rings (SSSR count). The molecule has 7 nitrogen and oxygen atoms in total. The smallest absolute Gasteiger partial charge is 0.339 e. The Balaban J connectivity index is 2.31. The Morgan fingerprint density at radius 3 is 2.32 bits per heavy atom. The molecule has 28 heavy (non-hydrogen) atoms. The molecule has 0 unspecified atom stereocenters. The molecule has 2 aromatic carbocycles. The molecule has 0 radical (unpaired) electrons. The first kappa shape index (κ1) is 21.6. The second-order valence-electron chi connectivity index (χ2n) is 5.89. The van der Waals surface area contributed by atoms with Crippen molar-refractivity contribution in [1.29, 1.82) is 0 Å². The Labute approximate surface area is 167 Å². The fourth-order valence-corrected chi connectivity index (χ4v) is 3.88. The Bertz CT molecular complexity index is 996. The van der Waals surface area contributed by atoms with E-state index in [1.807, 2.05) is 0 Å². The molecule has 0 aliphatic carbocycles. The van der Waals surface area contributed by atoms with Crippen LogP contribution in [-0.4, -0.2) is 39.7 Å². The quantitative estimate of drug-likeness (QED) is 0.714. The summed E-state index contributed by atoms with van der Waals surface area (Å²) in [6, 6.07) is 7.75. The van der Waals surface area contributed by atoms with Crippen molar-refractivity contribution in [2.75, 3.05) is 23.0 Å². The minimum Gasteiger partial charge on any atom is -0.465 e. The maximum absolute atomic E-state index is 13.2. The van der Waals surface area contributed by atoms with E-state index in [0.29, 0.717) is 0 Å². The van der Waals surface area contributed by atoms with Crippen LogP contribution in [0, 0.1) is 5.82 Å². The average Bonchev–Trinajstić information content (AvgIpc) is 2.63. The summed E-state index contributed by atoms with van der Waals surface area (Å²) in [5.74, 6) is -1.88. The highest BCUT2D eigenvalue weighted by atomic mass is 35.5. The molecule has 0 saturated heterocycles. The zero-order valence-corrected chi connectivity index (χ0v) is 16.8. The van der Waals surface area contributed by atoms with Gasteiger partial charge in [0.05, 0.1) is 29.6 Å². The summed E-state index contributed by atoms with van der Waals surface area (Å²) in [6.07, 6.45) is 0.942. The van der Waals surface area contributed by atoms with E-state index in [4.69, 9.17) is 11.6 Å². The van der Waals surface area contributed by atoms with Gasteiger partial charge in [0.1, 0.15) is 11.9 Å². The molecular formula is C18H18ClFN2O5S. The fraction of sp³-hybridized carbons (Fsp3) is 0.222. The van der Waals surface area contributed by atoms with E-state index in [0.717, 1.165) is 22.7 Å². The number of halogens is 2. The van der Waals surface area contributed by atoms with Gasteiger partial charge in [-0.05, 0) is 49.4 Å². The molecule has 0 heterocycles. The van der Waals surface area contributed by atoms with Gasteiger partial charge in [0.25, 0.3) is 0 Å². The van der Waals surface area contributed by atoms with Crippen LogP contribution in [0.4, 0.5) is 15.8 Å². The van der Waals surface area contributed by atoms with Crippen LogP contribution in [0.3, 0.4) is 0 Å². The number of ether oxygens (including phenoxy) is 1. The summed E-state index contributed by atoms with van der Waals surface area (Å²) in [6.45, 7) is 1.39. The van der Waals surface area contributed by atoms with E-state index in [9.17, 15) is 22.4 Å². The third-order valence-corrected chi connectivity index (χ3v) is 5.38. The van der Waals surface area contributed by atoms with Gasteiger partial charge < -0.3 is 10.1 Å². The topological polar surface area (TPSA) is 92.8 Å². The summed E-state index contributed by atoms with van der Waals surface area (Å²) < 4.78 is 43.1. The predicted molar refractivity (Wildman–Crippen MR) is 105 cm³/mol. The van der Waals surface area contributed by atoms with E-state index in [-0.39, 0.29) is 22.0 Å². The Hall–Kier alpha value is -2.65. The predicted octanol–water partition coefficient (Wildman–Crippen LogP) is 3.06. The van der Waals surface area contributed by atoms with Gasteiger partial charge in [-0.3, -0.25) is 9.10 Å². The summed E-state index contributed by atoms with van der Waals surface area (Å²) in [7, 11) is -2.65. The van der Waals surface area contributed by atoms with Crippen LogP contribution in [0.25, 0.3) is 0 Å². The highest BCUT2D eigenvalue weighted by molar-refractivity contribution is 7.92. The van der Waals surface area contributed by atoms with E-state index < -0.39 is 33.8 Å². The zero-order valence-electron chi connectivity index (χ0n) is 15.3. The maximum Gasteiger partial charge on any atom is 0.339 e. The van der Waals surface area contributed by atoms with E-state index in [1.165, 1.54) is 44.4 Å². The molecule has 1 atom stereocenters. The Kier molecular flexibility index (Phi) is 6.63. The van der Waals surface area contributed by atoms with Crippen molar-refractivity contribution in [1.82, 2.24) is 0 Å². The first-order valence-electron chi connectivity index (χ1n) is 7.98. The van der Waals surface area contributed by atoms with Gasteiger partial charge in [0, 0.05) is 5.69 Å². The third-order valence-electron chi connectivity index (χ3n) is 3.81. The zero-order chi connectivity index (χ0) is 21.1. The van der Waals surface area contributed by atoms with Gasteiger partial charge in [-0.15, -0.1) is 0 Å². The minimum atomic E-state index is -3.84. The lowest BCUT2D eigenvalue weighted by molar-refractivity contribution is -0.116. The van der Waals surface area contributed by atoms with E-state index in [2.05, 4.69) is 10.1 Å². The van der Waals surface area contributed by atoms with Crippen LogP contribution in [0.5, 0.6) is 0 Å². The molecular weight excluding hydrogens is 411 g/mol. The summed E-state index contributed by atoms with van der Waals surface area (Å²) in [5.41, 5.74) is 0.417. The van der Waals surface area contributed by atoms with Crippen LogP contribution in [0.2, 0.25) is 5.02 Å². The number of esters is 1. The van der Waals surface area contributed by atoms with Crippen LogP contribution >= 0.6 is 11.6 Å². The lowest BCUT2D eigenvalue weighted by Crippen LogP contribution is -2.45. The standard InChI is InChI=1S/C18H18ClFN2O5S/c1-11(22(28(3,25)26)14-7-4-12(20)5-8-14)17(23)21-13-6-9-16(19)15(10-13)18(24)27-2/h4-11H,1-3H3,(H,21,23)/t11-/m0/s1. The monoisotopic (exact) mass is 428 g/mol. The van der Waals surface area contributed by atoms with Crippen LogP contribution < -0.4 is 9.62 Å². The van der Waals surface area contributed by atoms with Crippen molar-refractivity contribution in [2.24, 2.45) is 0 Å². The maximum atomic E-state index is 13.2. The number of rotatable bonds is 6. The number of hydrogen-bond acceptors (Lipinski definition) is 5. The summed E-state index contributed by atoms with van der Waals surface area (Å²) in [5, 5.41) is 2.68. The molecule has 0 bridgehead atoms. The van der Waals surface area contributed by atoms with Gasteiger partial charge in [0.2, 0.25) is 15.9 Å². The second-order valence-corrected chi connectivity index (χ2v) is 8.15. The molecule has 2 aromatic rings. The highest BCUT2D eigenvalue weighted by Gasteiger charge is 2.29. The number of sulfonamides is 1. The lowest BCUT2D eigenvalue weighted by Gasteiger charge is -2.28. The Morgan fingerprint density at radius 1 is 1.18 bits per heavy atom. The van der Waals surface area contributed by atoms with Gasteiger partial charge in [-0.2, -0.15) is 0 Å². The van der Waals surface area contributed by atoms with Crippen LogP contribution in [0.1, 0.15) is 17.3 Å². The molecule has 10 heteroatoms. The second kappa shape index (κ2) is 8.57. The molecule has 0 saturated carbocycles. The lowest BCUT2D eigenvalue weighted by atomic mass is 10.2. The van der Waals surface area contributed by atoms with Crippen molar-refractivity contribution in [3.05, 3.63) is 58.9 Å². The van der Waals surface area contributed by atoms with Crippen molar-refractivity contribution in [3.8, 4) is 0 Å². The van der Waals surface area contributed by atoms with Gasteiger partial charge in [0.15, 0.2) is 0 Å². The number of amides is 1. The molecule has 1 amide bonds. The van der Waals surface area contributed by atoms with Crippen LogP contribution in [-0.2, 0) is 19.6 Å². The minimum absolute atomic E-state index is 0.0492. The van der Waals surface area contributed by atoms with Gasteiger partial charge in [-0.1, -0.05) is 11.6 Å². The summed E-state index contributed by atoms with van der Waals surface area (Å²) in [4.78, 5) is 24.4. The summed E-state index contributed by atoms with van der Waals surface area (Å²) >= 11 is 5.94. The van der Waals surface area contributed by atoms with Crippen molar-refractivity contribution >= 4 is 44.9 Å². The fourth-order valence-electron chi connectivity index (χ4n) is 2.51. The number of nitrogens with zero attached hydrogens (tertiary/aromatic N) is 1. The largest absolute Gasteiger partial charge is 0.465 e. The SMILES string of the molecule is COC(=O)c1cc(NC(=O)[C@H](C)N(c2ccc(F)cc2)S(C)(=O)=O)ccc1Cl. The normalized spacial score (nSPS) is 12.2. The Morgan fingerprint density at radius 2 is 1.79 bits per heavy atom. The molecule has 1 N–H and O–H groups in total. The van der Waals surface area contributed by atoms with Gasteiger partial charge in [-0.25, -0.2) is 17.6 Å². The van der Waals surface area contributed by atoms with Crippen molar-refractivity contribution in [2.45, 2.75) is 13.0 Å². The number of carbonyl (C=O) groups excluding carboxylic acids is 2. The molecule has 0 aromatic heterocycles. The number of hydrogen-bond donors (Lipinski definition) is 1. The van der Waals surface area contributed by atoms with Crippen LogP contribution in [0.15, 0.2) is 42.5 Å². The number of nitrogens with one attached hydrogen (secondary N) is 1. The molecule has 0 aliphatic heterocycles. The van der Waals surface area contributed by atoms with Gasteiger partial charge >= 0.3 is 5.97 Å². The first-order chi connectivity index (χ1) is 13.0.